The van der Waals surface area contributed by atoms with Crippen molar-refractivity contribution in [2.24, 2.45) is 5.92 Å². The van der Waals surface area contributed by atoms with E-state index in [0.29, 0.717) is 42.6 Å². The number of furan rings is 1. The van der Waals surface area contributed by atoms with Gasteiger partial charge in [0, 0.05) is 32.1 Å². The maximum atomic E-state index is 12.9. The number of hydrogen-bond acceptors (Lipinski definition) is 5. The second kappa shape index (κ2) is 8.35. The molecule has 1 fully saturated rings. The summed E-state index contributed by atoms with van der Waals surface area (Å²) in [5, 5.41) is 0.849. The molecule has 7 nitrogen and oxygen atoms in total. The lowest BCUT2D eigenvalue weighted by Gasteiger charge is -2.34. The van der Waals surface area contributed by atoms with Crippen molar-refractivity contribution >= 4 is 23.0 Å². The Morgan fingerprint density at radius 3 is 2.55 bits per heavy atom. The molecule has 1 saturated heterocycles. The normalized spacial score (nSPS) is 15.4. The molecule has 0 atom stereocenters. The molecular formula is C22H30N2O5. The number of carbonyl (C=O) groups is 2. The zero-order chi connectivity index (χ0) is 21.2. The van der Waals surface area contributed by atoms with Gasteiger partial charge in [0.05, 0.1) is 7.11 Å². The number of likely N-dealkylation sites (tertiary alicyclic amines) is 1. The van der Waals surface area contributed by atoms with Crippen LogP contribution < -0.4 is 4.74 Å². The van der Waals surface area contributed by atoms with Gasteiger partial charge >= 0.3 is 6.09 Å². The number of fused-ring (bicyclic) bond motifs is 1. The van der Waals surface area contributed by atoms with Gasteiger partial charge in [0.2, 0.25) is 0 Å². The summed E-state index contributed by atoms with van der Waals surface area (Å²) in [6, 6.07) is 7.35. The first-order valence-corrected chi connectivity index (χ1v) is 9.98. The summed E-state index contributed by atoms with van der Waals surface area (Å²) >= 11 is 0. The summed E-state index contributed by atoms with van der Waals surface area (Å²) in [7, 11) is 3.34. The van der Waals surface area contributed by atoms with Crippen LogP contribution in [0.25, 0.3) is 11.0 Å². The molecule has 1 aromatic heterocycles. The highest BCUT2D eigenvalue weighted by Crippen LogP contribution is 2.30. The number of amides is 2. The van der Waals surface area contributed by atoms with E-state index in [1.165, 1.54) is 0 Å². The summed E-state index contributed by atoms with van der Waals surface area (Å²) in [4.78, 5) is 28.5. The minimum atomic E-state index is -0.504. The van der Waals surface area contributed by atoms with Gasteiger partial charge in [-0.25, -0.2) is 4.79 Å². The maximum absolute atomic E-state index is 12.9. The first-order chi connectivity index (χ1) is 13.7. The van der Waals surface area contributed by atoms with Gasteiger partial charge in [0.1, 0.15) is 5.60 Å². The Morgan fingerprint density at radius 1 is 1.24 bits per heavy atom. The largest absolute Gasteiger partial charge is 0.493 e. The second-order valence-corrected chi connectivity index (χ2v) is 8.59. The van der Waals surface area contributed by atoms with Crippen molar-refractivity contribution in [3.05, 3.63) is 30.0 Å². The Balaban J connectivity index is 1.56. The summed E-state index contributed by atoms with van der Waals surface area (Å²) in [6.45, 7) is 7.47. The fraction of sp³-hybridized carbons (Fsp3) is 0.545. The van der Waals surface area contributed by atoms with E-state index in [0.717, 1.165) is 18.2 Å². The molecule has 0 aliphatic carbocycles. The average Bonchev–Trinajstić information content (AvgIpc) is 3.11. The van der Waals surface area contributed by atoms with E-state index >= 15 is 0 Å². The first kappa shape index (κ1) is 21.0. The number of piperidine rings is 1. The number of ether oxygens (including phenoxy) is 2. The van der Waals surface area contributed by atoms with Crippen molar-refractivity contribution in [3.63, 3.8) is 0 Å². The molecule has 158 valence electrons. The van der Waals surface area contributed by atoms with E-state index in [9.17, 15) is 9.59 Å². The molecule has 0 spiro atoms. The van der Waals surface area contributed by atoms with Gasteiger partial charge in [-0.05, 0) is 51.7 Å². The predicted octanol–water partition coefficient (Wildman–Crippen LogP) is 4.16. The van der Waals surface area contributed by atoms with Crippen molar-refractivity contribution < 1.29 is 23.5 Å². The smallest absolute Gasteiger partial charge is 0.410 e. The quantitative estimate of drug-likeness (QED) is 0.768. The van der Waals surface area contributed by atoms with Crippen LogP contribution >= 0.6 is 0 Å². The molecule has 2 amide bonds. The number of para-hydroxylation sites is 1. The van der Waals surface area contributed by atoms with Gasteiger partial charge in [0.15, 0.2) is 17.1 Å². The highest BCUT2D eigenvalue weighted by Gasteiger charge is 2.28. The van der Waals surface area contributed by atoms with Gasteiger partial charge in [-0.2, -0.15) is 0 Å². The number of carbonyl (C=O) groups excluding carboxylic acids is 2. The van der Waals surface area contributed by atoms with Gasteiger partial charge in [-0.3, -0.25) is 4.79 Å². The van der Waals surface area contributed by atoms with Gasteiger partial charge in [-0.15, -0.1) is 0 Å². The fourth-order valence-corrected chi connectivity index (χ4v) is 3.58. The zero-order valence-corrected chi connectivity index (χ0v) is 17.9. The van der Waals surface area contributed by atoms with Crippen LogP contribution in [0.1, 0.15) is 44.2 Å². The van der Waals surface area contributed by atoms with E-state index in [2.05, 4.69) is 0 Å². The van der Waals surface area contributed by atoms with Crippen LogP contribution in [0.3, 0.4) is 0 Å². The molecule has 1 aliphatic rings. The minimum absolute atomic E-state index is 0.109. The number of nitrogens with zero attached hydrogens (tertiary/aromatic N) is 2. The molecule has 3 rings (SSSR count). The van der Waals surface area contributed by atoms with E-state index in [1.54, 1.807) is 25.1 Å². The van der Waals surface area contributed by atoms with Crippen molar-refractivity contribution in [2.75, 3.05) is 33.8 Å². The number of hydrogen-bond donors (Lipinski definition) is 0. The molecule has 1 aromatic carbocycles. The molecule has 1 aliphatic heterocycles. The zero-order valence-electron chi connectivity index (χ0n) is 17.9. The minimum Gasteiger partial charge on any atom is -0.493 e. The van der Waals surface area contributed by atoms with Crippen molar-refractivity contribution in [3.8, 4) is 5.75 Å². The average molecular weight is 402 g/mol. The summed E-state index contributed by atoms with van der Waals surface area (Å²) in [5.41, 5.74) is 0.0864. The van der Waals surface area contributed by atoms with Crippen molar-refractivity contribution in [1.82, 2.24) is 9.80 Å². The van der Waals surface area contributed by atoms with Gasteiger partial charge in [0.25, 0.3) is 5.91 Å². The molecule has 0 radical (unpaired) electrons. The lowest BCUT2D eigenvalue weighted by atomic mass is 9.96. The van der Waals surface area contributed by atoms with Crippen LogP contribution in [-0.4, -0.2) is 61.2 Å². The lowest BCUT2D eigenvalue weighted by molar-refractivity contribution is 0.0245. The molecule has 0 N–H and O–H groups in total. The second-order valence-electron chi connectivity index (χ2n) is 8.59. The van der Waals surface area contributed by atoms with E-state index in [4.69, 9.17) is 13.9 Å². The molecule has 0 saturated carbocycles. The van der Waals surface area contributed by atoms with E-state index < -0.39 is 5.60 Å². The number of rotatable bonds is 4. The Morgan fingerprint density at radius 2 is 1.93 bits per heavy atom. The third-order valence-electron chi connectivity index (χ3n) is 5.08. The predicted molar refractivity (Wildman–Crippen MR) is 110 cm³/mol. The third-order valence-corrected chi connectivity index (χ3v) is 5.08. The number of methoxy groups -OCH3 is 1. The van der Waals surface area contributed by atoms with Crippen LogP contribution in [0.4, 0.5) is 4.79 Å². The fourth-order valence-electron chi connectivity index (χ4n) is 3.58. The molecular weight excluding hydrogens is 372 g/mol. The summed E-state index contributed by atoms with van der Waals surface area (Å²) in [5.74, 6) is 1.17. The highest BCUT2D eigenvalue weighted by atomic mass is 16.6. The topological polar surface area (TPSA) is 72.2 Å². The molecule has 0 bridgehead atoms. The van der Waals surface area contributed by atoms with E-state index in [1.807, 2.05) is 43.9 Å². The molecule has 7 heteroatoms. The Kier molecular flexibility index (Phi) is 6.05. The summed E-state index contributed by atoms with van der Waals surface area (Å²) < 4.78 is 16.5. The molecule has 2 heterocycles. The molecule has 29 heavy (non-hydrogen) atoms. The standard InChI is InChI=1S/C22H30N2O5/c1-22(2,3)29-21(26)23(4)14-15-9-11-24(12-10-15)20(25)18-13-16-7-6-8-17(27-5)19(16)28-18/h6-8,13,15H,9-12,14H2,1-5H3. The van der Waals surface area contributed by atoms with Crippen LogP contribution in [0.5, 0.6) is 5.75 Å². The maximum Gasteiger partial charge on any atom is 0.410 e. The van der Waals surface area contributed by atoms with Crippen LogP contribution in [0.15, 0.2) is 28.7 Å². The van der Waals surface area contributed by atoms with Crippen molar-refractivity contribution in [1.29, 1.82) is 0 Å². The van der Waals surface area contributed by atoms with Crippen LogP contribution in [0.2, 0.25) is 0 Å². The van der Waals surface area contributed by atoms with Gasteiger partial charge in [-0.1, -0.05) is 12.1 Å². The molecule has 0 unspecified atom stereocenters. The third kappa shape index (κ3) is 5.02. The van der Waals surface area contributed by atoms with E-state index in [-0.39, 0.29) is 12.0 Å². The van der Waals surface area contributed by atoms with Crippen molar-refractivity contribution in [2.45, 2.75) is 39.2 Å². The highest BCUT2D eigenvalue weighted by molar-refractivity contribution is 5.97. The number of benzene rings is 1. The monoisotopic (exact) mass is 402 g/mol. The first-order valence-electron chi connectivity index (χ1n) is 9.98. The SMILES string of the molecule is COc1cccc2cc(C(=O)N3CCC(CN(C)C(=O)OC(C)(C)C)CC3)oc12. The Labute approximate surface area is 171 Å². The van der Waals surface area contributed by atoms with Gasteiger partial charge < -0.3 is 23.7 Å². The molecule has 2 aromatic rings. The summed E-state index contributed by atoms with van der Waals surface area (Å²) in [6.07, 6.45) is 1.36. The van der Waals surface area contributed by atoms with Crippen LogP contribution in [-0.2, 0) is 4.74 Å². The lowest BCUT2D eigenvalue weighted by Crippen LogP contribution is -2.42. The Bertz CT molecular complexity index is 875. The van der Waals surface area contributed by atoms with Crippen LogP contribution in [0, 0.1) is 5.92 Å². The Hall–Kier alpha value is -2.70.